The summed E-state index contributed by atoms with van der Waals surface area (Å²) in [6.45, 7) is 1.95. The van der Waals surface area contributed by atoms with E-state index in [9.17, 15) is 9.59 Å². The Hall–Kier alpha value is -3.15. The van der Waals surface area contributed by atoms with Crippen molar-refractivity contribution in [2.45, 2.75) is 18.9 Å². The number of rotatable bonds is 3. The number of carbonyl (C=O) groups excluding carboxylic acids is 1. The highest BCUT2D eigenvalue weighted by Gasteiger charge is 2.45. The third-order valence-electron chi connectivity index (χ3n) is 4.22. The second-order valence-corrected chi connectivity index (χ2v) is 5.68. The molecular weight excluding hydrogens is 322 g/mol. The quantitative estimate of drug-likeness (QED) is 0.540. The van der Waals surface area contributed by atoms with Gasteiger partial charge in [-0.25, -0.2) is 9.59 Å². The fourth-order valence-electron chi connectivity index (χ4n) is 3.19. The molecule has 2 atom stereocenters. The number of para-hydroxylation sites is 1. The summed E-state index contributed by atoms with van der Waals surface area (Å²) in [7, 11) is 0. The van der Waals surface area contributed by atoms with E-state index >= 15 is 0 Å². The summed E-state index contributed by atoms with van der Waals surface area (Å²) in [5.41, 5.74) is 0.918. The summed E-state index contributed by atoms with van der Waals surface area (Å²) in [6, 6.07) is 10.6. The van der Waals surface area contributed by atoms with E-state index < -0.39 is 23.6 Å². The van der Waals surface area contributed by atoms with E-state index in [2.05, 4.69) is 4.98 Å². The van der Waals surface area contributed by atoms with Gasteiger partial charge in [0.1, 0.15) is 11.3 Å². The first-order valence-corrected chi connectivity index (χ1v) is 7.99. The Morgan fingerprint density at radius 2 is 2.08 bits per heavy atom. The predicted molar refractivity (Wildman–Crippen MR) is 89.6 cm³/mol. The molecular formula is C19H15NO5. The lowest BCUT2D eigenvalue weighted by Gasteiger charge is -2.17. The molecule has 1 aromatic carbocycles. The predicted octanol–water partition coefficient (Wildman–Crippen LogP) is 2.64. The van der Waals surface area contributed by atoms with Crippen LogP contribution in [0.1, 0.15) is 24.0 Å². The lowest BCUT2D eigenvalue weighted by Crippen LogP contribution is -2.32. The van der Waals surface area contributed by atoms with Crippen molar-refractivity contribution < 1.29 is 18.7 Å². The van der Waals surface area contributed by atoms with Crippen LogP contribution in [0.15, 0.2) is 58.0 Å². The summed E-state index contributed by atoms with van der Waals surface area (Å²) < 4.78 is 16.5. The van der Waals surface area contributed by atoms with Crippen LogP contribution in [0.2, 0.25) is 0 Å². The molecule has 0 saturated heterocycles. The highest BCUT2D eigenvalue weighted by Crippen LogP contribution is 2.44. The first kappa shape index (κ1) is 15.4. The van der Waals surface area contributed by atoms with Crippen LogP contribution in [0, 0.1) is 0 Å². The van der Waals surface area contributed by atoms with Gasteiger partial charge < -0.3 is 13.9 Å². The lowest BCUT2D eigenvalue weighted by atomic mass is 9.89. The zero-order valence-electron chi connectivity index (χ0n) is 13.5. The number of esters is 1. The Balaban J connectivity index is 1.96. The minimum absolute atomic E-state index is 0.226. The van der Waals surface area contributed by atoms with Crippen molar-refractivity contribution in [2.75, 3.05) is 6.61 Å². The van der Waals surface area contributed by atoms with Crippen molar-refractivity contribution in [3.05, 3.63) is 70.3 Å². The van der Waals surface area contributed by atoms with Gasteiger partial charge >= 0.3 is 11.6 Å². The summed E-state index contributed by atoms with van der Waals surface area (Å²) >= 11 is 0. The molecule has 1 aliphatic heterocycles. The Kier molecular flexibility index (Phi) is 3.72. The molecule has 3 heterocycles. The first-order valence-electron chi connectivity index (χ1n) is 7.99. The summed E-state index contributed by atoms with van der Waals surface area (Å²) in [5, 5.41) is 0.651. The number of aromatic nitrogens is 1. The Bertz CT molecular complexity index is 996. The highest BCUT2D eigenvalue weighted by atomic mass is 16.6. The Morgan fingerprint density at radius 1 is 1.24 bits per heavy atom. The van der Waals surface area contributed by atoms with Crippen molar-refractivity contribution in [1.29, 1.82) is 0 Å². The maximum atomic E-state index is 12.6. The largest absolute Gasteiger partial charge is 0.476 e. The smallest absolute Gasteiger partial charge is 0.348 e. The van der Waals surface area contributed by atoms with E-state index in [-0.39, 0.29) is 6.61 Å². The normalized spacial score (nSPS) is 18.6. The molecule has 25 heavy (non-hydrogen) atoms. The molecule has 1 aliphatic rings. The molecule has 2 aromatic heterocycles. The van der Waals surface area contributed by atoms with Gasteiger partial charge in [-0.1, -0.05) is 18.2 Å². The van der Waals surface area contributed by atoms with Crippen LogP contribution in [-0.2, 0) is 9.53 Å². The van der Waals surface area contributed by atoms with E-state index in [0.717, 1.165) is 0 Å². The molecule has 0 bridgehead atoms. The van der Waals surface area contributed by atoms with Crippen LogP contribution in [-0.4, -0.2) is 23.7 Å². The topological polar surface area (TPSA) is 78.6 Å². The van der Waals surface area contributed by atoms with Crippen LogP contribution in [0.25, 0.3) is 11.0 Å². The molecule has 0 fully saturated rings. The Labute approximate surface area is 143 Å². The second kappa shape index (κ2) is 6.05. The van der Waals surface area contributed by atoms with Crippen LogP contribution in [0.3, 0.4) is 0 Å². The van der Waals surface area contributed by atoms with E-state index in [4.69, 9.17) is 13.9 Å². The van der Waals surface area contributed by atoms with Gasteiger partial charge in [0.25, 0.3) is 0 Å². The number of ether oxygens (including phenoxy) is 2. The number of hydrogen-bond acceptors (Lipinski definition) is 6. The molecule has 0 unspecified atom stereocenters. The maximum Gasteiger partial charge on any atom is 0.348 e. The Morgan fingerprint density at radius 3 is 2.84 bits per heavy atom. The fraction of sp³-hybridized carbons (Fsp3) is 0.211. The molecule has 0 radical (unpaired) electrons. The molecule has 4 rings (SSSR count). The molecule has 0 amide bonds. The molecule has 6 heteroatoms. The number of nitrogens with zero attached hydrogens (tertiary/aromatic N) is 1. The van der Waals surface area contributed by atoms with Crippen LogP contribution < -0.4 is 10.4 Å². The van der Waals surface area contributed by atoms with Gasteiger partial charge in [-0.05, 0) is 30.7 Å². The monoisotopic (exact) mass is 337 g/mol. The van der Waals surface area contributed by atoms with Gasteiger partial charge in [0.15, 0.2) is 0 Å². The molecule has 0 saturated carbocycles. The molecule has 0 spiro atoms. The third kappa shape index (κ3) is 2.46. The van der Waals surface area contributed by atoms with Gasteiger partial charge in [0.05, 0.1) is 23.5 Å². The average molecular weight is 337 g/mol. The molecule has 3 aromatic rings. The number of carbonyl (C=O) groups is 1. The minimum atomic E-state index is -0.951. The van der Waals surface area contributed by atoms with Gasteiger partial charge in [-0.2, -0.15) is 0 Å². The summed E-state index contributed by atoms with van der Waals surface area (Å²) in [5.74, 6) is -0.765. The number of hydrogen-bond donors (Lipinski definition) is 0. The molecule has 6 nitrogen and oxygen atoms in total. The van der Waals surface area contributed by atoms with Crippen molar-refractivity contribution in [3.8, 4) is 5.75 Å². The van der Waals surface area contributed by atoms with Gasteiger partial charge in [0, 0.05) is 12.4 Å². The molecule has 0 aliphatic carbocycles. The molecule has 0 N–H and O–H groups in total. The van der Waals surface area contributed by atoms with Gasteiger partial charge in [0.2, 0.25) is 6.10 Å². The zero-order chi connectivity index (χ0) is 17.4. The van der Waals surface area contributed by atoms with E-state index in [1.54, 1.807) is 49.6 Å². The highest BCUT2D eigenvalue weighted by molar-refractivity contribution is 5.88. The van der Waals surface area contributed by atoms with Crippen molar-refractivity contribution in [1.82, 2.24) is 4.98 Å². The van der Waals surface area contributed by atoms with Gasteiger partial charge in [-0.15, -0.1) is 0 Å². The average Bonchev–Trinajstić information content (AvgIpc) is 3.04. The fourth-order valence-corrected chi connectivity index (χ4v) is 3.19. The van der Waals surface area contributed by atoms with Crippen LogP contribution >= 0.6 is 0 Å². The third-order valence-corrected chi connectivity index (χ3v) is 4.22. The van der Waals surface area contributed by atoms with Gasteiger partial charge in [-0.3, -0.25) is 4.98 Å². The second-order valence-electron chi connectivity index (χ2n) is 5.68. The zero-order valence-corrected chi connectivity index (χ0v) is 13.5. The van der Waals surface area contributed by atoms with E-state index in [1.165, 1.54) is 0 Å². The SMILES string of the molecule is CCOC(=O)[C@@H]1Oc2c(c(=O)oc3ccccc23)[C@H]1c1cccnc1. The standard InChI is InChI=1S/C19H15NO5/c1-2-23-19(22)17-14(11-6-5-9-20-10-11)15-16(25-17)12-7-3-4-8-13(12)24-18(15)21/h3-10,14,17H,2H2,1H3/t14-,17-/m1/s1. The van der Waals surface area contributed by atoms with E-state index in [1.807, 2.05) is 6.07 Å². The van der Waals surface area contributed by atoms with Crippen molar-refractivity contribution in [3.63, 3.8) is 0 Å². The van der Waals surface area contributed by atoms with Crippen LogP contribution in [0.5, 0.6) is 5.75 Å². The number of fused-ring (bicyclic) bond motifs is 3. The lowest BCUT2D eigenvalue weighted by molar-refractivity contribution is -0.151. The van der Waals surface area contributed by atoms with Crippen molar-refractivity contribution in [2.24, 2.45) is 0 Å². The summed E-state index contributed by atoms with van der Waals surface area (Å²) in [6.07, 6.45) is 2.29. The first-order chi connectivity index (χ1) is 12.2. The van der Waals surface area contributed by atoms with E-state index in [0.29, 0.717) is 27.8 Å². The number of benzene rings is 1. The molecule has 126 valence electrons. The number of pyridine rings is 1. The minimum Gasteiger partial charge on any atom is -0.476 e. The van der Waals surface area contributed by atoms with Crippen molar-refractivity contribution >= 4 is 16.9 Å². The van der Waals surface area contributed by atoms with Crippen LogP contribution in [0.4, 0.5) is 0 Å². The summed E-state index contributed by atoms with van der Waals surface area (Å²) in [4.78, 5) is 29.2. The maximum absolute atomic E-state index is 12.6.